The third-order valence-electron chi connectivity index (χ3n) is 6.69. The van der Waals surface area contributed by atoms with Crippen molar-refractivity contribution in [2.24, 2.45) is 0 Å². The van der Waals surface area contributed by atoms with Crippen LogP contribution in [0.3, 0.4) is 0 Å². The molecule has 0 unspecified atom stereocenters. The number of nitrogen functional groups attached to an aromatic ring is 1. The van der Waals surface area contributed by atoms with Gasteiger partial charge in [0.05, 0.1) is 0 Å². The molecule has 0 atom stereocenters. The lowest BCUT2D eigenvalue weighted by molar-refractivity contribution is -0.419. The van der Waals surface area contributed by atoms with Crippen molar-refractivity contribution in [3.63, 3.8) is 0 Å². The highest BCUT2D eigenvalue weighted by atomic mass is 19.1. The summed E-state index contributed by atoms with van der Waals surface area (Å²) < 4.78 is 47.2. The Labute approximate surface area is 237 Å². The number of nitrogens with two attached hydrogens (primary N) is 1. The fraction of sp³-hybridized carbons (Fsp3) is 0.370. The number of fused-ring (bicyclic) bond motifs is 1. The van der Waals surface area contributed by atoms with Gasteiger partial charge in [0.1, 0.15) is 16.6 Å². The van der Waals surface area contributed by atoms with Crippen molar-refractivity contribution in [2.45, 2.75) is 52.2 Å². The van der Waals surface area contributed by atoms with E-state index in [1.165, 1.54) is 25.1 Å². The quantitative estimate of drug-likeness (QED) is 0.0897. The lowest BCUT2D eigenvalue weighted by Gasteiger charge is -2.30. The van der Waals surface area contributed by atoms with E-state index < -0.39 is 41.7 Å². The first-order chi connectivity index (χ1) is 19.9. The number of aliphatic hydroxyl groups is 5. The minimum atomic E-state index is -3.77. The number of benzene rings is 2. The third-order valence-corrected chi connectivity index (χ3v) is 6.69. The number of aryl methyl sites for hydroxylation is 1. The van der Waals surface area contributed by atoms with Gasteiger partial charge in [0, 0.05) is 23.2 Å². The van der Waals surface area contributed by atoms with Gasteiger partial charge in [-0.2, -0.15) is 9.97 Å². The molecule has 0 saturated carbocycles. The highest BCUT2D eigenvalue weighted by Crippen LogP contribution is 2.45. The van der Waals surface area contributed by atoms with Gasteiger partial charge in [-0.3, -0.25) is 0 Å². The monoisotopic (exact) mass is 589 g/mol. The van der Waals surface area contributed by atoms with Crippen molar-refractivity contribution in [3.8, 4) is 28.9 Å². The topological polar surface area (TPSA) is 197 Å². The molecule has 0 radical (unpaired) electrons. The van der Waals surface area contributed by atoms with Crippen LogP contribution in [0.15, 0.2) is 18.2 Å². The van der Waals surface area contributed by atoms with Crippen LogP contribution >= 0.6 is 0 Å². The van der Waals surface area contributed by atoms with E-state index in [9.17, 15) is 25.5 Å². The number of hydrogen-bond acceptors (Lipinski definition) is 13. The average Bonchev–Trinajstić information content (AvgIpc) is 2.90. The number of pyridine rings is 1. The van der Waals surface area contributed by atoms with Crippen LogP contribution in [0.25, 0.3) is 32.9 Å². The van der Waals surface area contributed by atoms with Gasteiger partial charge in [0.15, 0.2) is 29.9 Å². The first-order valence-corrected chi connectivity index (χ1v) is 13.1. The fourth-order valence-electron chi connectivity index (χ4n) is 4.92. The van der Waals surface area contributed by atoms with Crippen LogP contribution in [0.5, 0.6) is 17.6 Å². The summed E-state index contributed by atoms with van der Waals surface area (Å²) in [6.45, 7) is 1.60. The van der Waals surface area contributed by atoms with Crippen LogP contribution in [0, 0.1) is 18.6 Å². The van der Waals surface area contributed by atoms with Gasteiger partial charge in [0.25, 0.3) is 0 Å². The van der Waals surface area contributed by atoms with E-state index >= 15 is 8.78 Å². The molecule has 5 rings (SSSR count). The summed E-state index contributed by atoms with van der Waals surface area (Å²) in [4.78, 5) is 14.3. The summed E-state index contributed by atoms with van der Waals surface area (Å²) in [5.41, 5.74) is 5.24. The van der Waals surface area contributed by atoms with Crippen LogP contribution in [0.4, 0.5) is 20.3 Å². The number of halogens is 2. The van der Waals surface area contributed by atoms with E-state index in [4.69, 9.17) is 19.9 Å². The highest BCUT2D eigenvalue weighted by Gasteiger charge is 2.32. The van der Waals surface area contributed by atoms with E-state index in [-0.39, 0.29) is 56.9 Å². The number of anilines is 2. The second-order valence-corrected chi connectivity index (χ2v) is 9.85. The highest BCUT2D eigenvalue weighted by molar-refractivity contribution is 6.05. The number of hydrogen-bond donors (Lipinski definition) is 6. The summed E-state index contributed by atoms with van der Waals surface area (Å²) in [6.07, 6.45) is -0.0377. The van der Waals surface area contributed by atoms with E-state index in [1.807, 2.05) is 0 Å². The summed E-state index contributed by atoms with van der Waals surface area (Å²) in [5, 5.41) is 47.4. The number of aliphatic hydroxyl groups excluding tert-OH is 1. The smallest absolute Gasteiger partial charge is 0.453 e. The van der Waals surface area contributed by atoms with Gasteiger partial charge in [-0.05, 0) is 42.5 Å². The van der Waals surface area contributed by atoms with Crippen molar-refractivity contribution < 1.29 is 48.5 Å². The molecule has 0 saturated heterocycles. The Hall–Kier alpha value is -4.15. The number of nitrogens with zero attached hydrogens (tertiary/aromatic N) is 4. The van der Waals surface area contributed by atoms with Crippen molar-refractivity contribution >= 4 is 33.2 Å². The molecule has 42 heavy (non-hydrogen) atoms. The lowest BCUT2D eigenvalue weighted by atomic mass is 9.96. The van der Waals surface area contributed by atoms with Crippen molar-refractivity contribution in [1.29, 1.82) is 0 Å². The Morgan fingerprint density at radius 3 is 2.50 bits per heavy atom. The third kappa shape index (κ3) is 5.64. The Morgan fingerprint density at radius 2 is 1.81 bits per heavy atom. The maximum absolute atomic E-state index is 16.5. The normalized spacial score (nSPS) is 13.2. The molecule has 0 bridgehead atoms. The maximum atomic E-state index is 16.5. The molecule has 13 nitrogen and oxygen atoms in total. The Morgan fingerprint density at radius 1 is 1.05 bits per heavy atom. The van der Waals surface area contributed by atoms with Crippen LogP contribution in [-0.4, -0.2) is 66.4 Å². The van der Waals surface area contributed by atoms with E-state index in [0.717, 1.165) is 25.7 Å². The molecule has 0 fully saturated rings. The molecule has 0 spiro atoms. The van der Waals surface area contributed by atoms with Gasteiger partial charge in [-0.15, -0.1) is 0 Å². The van der Waals surface area contributed by atoms with Crippen LogP contribution in [0.1, 0.15) is 38.2 Å². The molecule has 2 aromatic carbocycles. The summed E-state index contributed by atoms with van der Waals surface area (Å²) >= 11 is 0. The zero-order valence-electron chi connectivity index (χ0n) is 22.6. The van der Waals surface area contributed by atoms with E-state index in [1.54, 1.807) is 4.90 Å². The molecule has 0 aliphatic carbocycles. The zero-order valence-corrected chi connectivity index (χ0v) is 22.6. The predicted octanol–water partition coefficient (Wildman–Crippen LogP) is 2.36. The Balaban J connectivity index is 1.78. The molecular formula is C27H29F2N5O8. The molecule has 1 aliphatic rings. The van der Waals surface area contributed by atoms with Gasteiger partial charge >= 0.3 is 18.6 Å². The molecule has 1 aliphatic heterocycles. The second-order valence-electron chi connectivity index (χ2n) is 9.85. The second kappa shape index (κ2) is 11.3. The number of rotatable bonds is 10. The number of unbranched alkanes of at least 4 members (excludes halogenated alkanes) is 3. The van der Waals surface area contributed by atoms with Gasteiger partial charge in [-0.25, -0.2) is 13.8 Å². The molecule has 15 heteroatoms. The molecule has 7 N–H and O–H groups in total. The first-order valence-electron chi connectivity index (χ1n) is 13.1. The zero-order chi connectivity index (χ0) is 30.3. The van der Waals surface area contributed by atoms with Crippen LogP contribution in [0.2, 0.25) is 0 Å². The first kappa shape index (κ1) is 29.3. The van der Waals surface area contributed by atoms with Gasteiger partial charge in [0.2, 0.25) is 5.88 Å². The number of aromatic nitrogens is 3. The lowest BCUT2D eigenvalue weighted by Crippen LogP contribution is -2.35. The van der Waals surface area contributed by atoms with Gasteiger partial charge < -0.3 is 50.4 Å². The molecule has 0 amide bonds. The standard InChI is InChI=1S/C27H29F2N5O8/c1-3-4-5-6-7-34-11-40-24-17-21(32-25(33-23(17)34)41-26(35)36)19(29)20(31-24)15-10-14(30)9-13-8-12(2)18(28)22(16(13)15)42-27(37,38)39/h8-10,26,35-39H,3-7,11,30H2,1-2H3. The number of ether oxygens (including phenoxy) is 3. The minimum absolute atomic E-state index is 0.00410. The summed E-state index contributed by atoms with van der Waals surface area (Å²) in [6, 6.07) is 3.50. The molecule has 2 aromatic heterocycles. The Kier molecular flexibility index (Phi) is 7.87. The van der Waals surface area contributed by atoms with Crippen molar-refractivity contribution in [1.82, 2.24) is 15.0 Å². The summed E-state index contributed by atoms with van der Waals surface area (Å²) in [7, 11) is 0. The minimum Gasteiger partial charge on any atom is -0.456 e. The van der Waals surface area contributed by atoms with Crippen LogP contribution in [-0.2, 0) is 0 Å². The SMILES string of the molecule is CCCCCCN1COc2nc(-c3cc(N)cc4cc(C)c(F)c(OC(O)(O)O)c34)c(F)c3nc(OC(O)O)nc1c23. The molecular weight excluding hydrogens is 560 g/mol. The van der Waals surface area contributed by atoms with Crippen molar-refractivity contribution in [2.75, 3.05) is 23.9 Å². The molecule has 3 heterocycles. The van der Waals surface area contributed by atoms with Crippen molar-refractivity contribution in [3.05, 3.63) is 35.4 Å². The molecule has 224 valence electrons. The van der Waals surface area contributed by atoms with Crippen LogP contribution < -0.4 is 24.8 Å². The summed E-state index contributed by atoms with van der Waals surface area (Å²) in [5.74, 6) is -2.82. The average molecular weight is 590 g/mol. The molecule has 4 aromatic rings. The van der Waals surface area contributed by atoms with Gasteiger partial charge in [-0.1, -0.05) is 26.2 Å². The maximum Gasteiger partial charge on any atom is 0.453 e. The largest absolute Gasteiger partial charge is 0.456 e. The fourth-order valence-corrected chi connectivity index (χ4v) is 4.92. The van der Waals surface area contributed by atoms with E-state index in [0.29, 0.717) is 6.54 Å². The predicted molar refractivity (Wildman–Crippen MR) is 145 cm³/mol. The van der Waals surface area contributed by atoms with E-state index in [2.05, 4.69) is 21.9 Å². The Bertz CT molecular complexity index is 1660.